The zero-order valence-electron chi connectivity index (χ0n) is 9.04. The smallest absolute Gasteiger partial charge is 0.154 e. The topological polar surface area (TPSA) is 81.4 Å². The number of nitriles is 1. The Bertz CT molecular complexity index is 393. The molecule has 2 aliphatic heterocycles. The largest absolute Gasteiger partial charge is 0.390 e. The van der Waals surface area contributed by atoms with Crippen molar-refractivity contribution < 1.29 is 13.5 Å². The first-order valence-corrected chi connectivity index (χ1v) is 7.36. The maximum absolute atomic E-state index is 11.4. The third-order valence-electron chi connectivity index (χ3n) is 3.47. The summed E-state index contributed by atoms with van der Waals surface area (Å²) in [7, 11) is -3.07. The zero-order valence-corrected chi connectivity index (χ0v) is 9.86. The van der Waals surface area contributed by atoms with Crippen molar-refractivity contribution >= 4 is 9.84 Å². The van der Waals surface area contributed by atoms with Gasteiger partial charge in [0.05, 0.1) is 29.7 Å². The normalized spacial score (nSPS) is 36.0. The molecule has 16 heavy (non-hydrogen) atoms. The van der Waals surface area contributed by atoms with Crippen LogP contribution in [0.4, 0.5) is 0 Å². The second-order valence-corrected chi connectivity index (χ2v) is 6.80. The Hall–Kier alpha value is -0.640. The van der Waals surface area contributed by atoms with E-state index in [-0.39, 0.29) is 23.5 Å². The highest BCUT2D eigenvalue weighted by molar-refractivity contribution is 7.91. The van der Waals surface area contributed by atoms with Crippen molar-refractivity contribution in [3.8, 4) is 6.07 Å². The van der Waals surface area contributed by atoms with Crippen LogP contribution < -0.4 is 0 Å². The fourth-order valence-electron chi connectivity index (χ4n) is 2.52. The molecule has 0 aliphatic carbocycles. The highest BCUT2D eigenvalue weighted by atomic mass is 32.2. The number of rotatable bonds is 1. The van der Waals surface area contributed by atoms with Crippen molar-refractivity contribution in [1.29, 1.82) is 5.26 Å². The van der Waals surface area contributed by atoms with Gasteiger partial charge in [0.2, 0.25) is 0 Å². The van der Waals surface area contributed by atoms with Crippen LogP contribution in [-0.4, -0.2) is 55.2 Å². The van der Waals surface area contributed by atoms with Gasteiger partial charge in [-0.2, -0.15) is 5.26 Å². The van der Waals surface area contributed by atoms with Gasteiger partial charge in [-0.3, -0.25) is 4.90 Å². The van der Waals surface area contributed by atoms with Gasteiger partial charge in [0.25, 0.3) is 0 Å². The minimum Gasteiger partial charge on any atom is -0.390 e. The predicted octanol–water partition coefficient (Wildman–Crippen LogP) is -0.620. The quantitative estimate of drug-likeness (QED) is 0.665. The van der Waals surface area contributed by atoms with E-state index >= 15 is 0 Å². The van der Waals surface area contributed by atoms with Gasteiger partial charge in [-0.15, -0.1) is 0 Å². The van der Waals surface area contributed by atoms with Gasteiger partial charge in [0.1, 0.15) is 0 Å². The van der Waals surface area contributed by atoms with Gasteiger partial charge in [0, 0.05) is 5.92 Å². The van der Waals surface area contributed by atoms with Crippen molar-refractivity contribution in [2.45, 2.75) is 25.0 Å². The van der Waals surface area contributed by atoms with Crippen LogP contribution in [0.15, 0.2) is 0 Å². The van der Waals surface area contributed by atoms with Gasteiger partial charge >= 0.3 is 0 Å². The molecule has 0 radical (unpaired) electrons. The predicted molar refractivity (Wildman–Crippen MR) is 58.4 cm³/mol. The van der Waals surface area contributed by atoms with Gasteiger partial charge in [-0.25, -0.2) is 8.42 Å². The van der Waals surface area contributed by atoms with E-state index in [4.69, 9.17) is 5.26 Å². The molecule has 2 aliphatic rings. The first-order chi connectivity index (χ1) is 7.52. The molecule has 0 aromatic heterocycles. The first-order valence-electron chi connectivity index (χ1n) is 5.54. The summed E-state index contributed by atoms with van der Waals surface area (Å²) in [5.74, 6) is 0.0349. The zero-order chi connectivity index (χ0) is 11.8. The molecule has 5 nitrogen and oxygen atoms in total. The highest BCUT2D eigenvalue weighted by Crippen LogP contribution is 2.24. The molecule has 0 aromatic rings. The number of piperidine rings is 1. The van der Waals surface area contributed by atoms with Crippen molar-refractivity contribution in [1.82, 2.24) is 4.90 Å². The maximum Gasteiger partial charge on any atom is 0.154 e. The lowest BCUT2D eigenvalue weighted by atomic mass is 9.97. The lowest BCUT2D eigenvalue weighted by Gasteiger charge is -2.34. The monoisotopic (exact) mass is 244 g/mol. The molecule has 0 aromatic carbocycles. The van der Waals surface area contributed by atoms with Crippen LogP contribution in [0.2, 0.25) is 0 Å². The Morgan fingerprint density at radius 3 is 2.31 bits per heavy atom. The van der Waals surface area contributed by atoms with Crippen molar-refractivity contribution in [3.63, 3.8) is 0 Å². The molecular weight excluding hydrogens is 228 g/mol. The molecule has 2 rings (SSSR count). The summed E-state index contributed by atoms with van der Waals surface area (Å²) in [6, 6.07) is 1.98. The highest BCUT2D eigenvalue weighted by Gasteiger charge is 2.40. The second-order valence-electron chi connectivity index (χ2n) is 4.65. The number of aliphatic hydroxyl groups is 1. The molecule has 2 unspecified atom stereocenters. The van der Waals surface area contributed by atoms with E-state index in [2.05, 4.69) is 6.07 Å². The minimum absolute atomic E-state index is 0.0609. The van der Waals surface area contributed by atoms with Crippen LogP contribution in [0.3, 0.4) is 0 Å². The number of aliphatic hydroxyl groups excluding tert-OH is 1. The number of nitrogens with zero attached hydrogens (tertiary/aromatic N) is 2. The van der Waals surface area contributed by atoms with Gasteiger partial charge in [0.15, 0.2) is 9.84 Å². The number of sulfone groups is 1. The summed E-state index contributed by atoms with van der Waals surface area (Å²) in [5, 5.41) is 18.5. The summed E-state index contributed by atoms with van der Waals surface area (Å²) < 4.78 is 22.8. The van der Waals surface area contributed by atoms with Crippen LogP contribution in [0.5, 0.6) is 0 Å². The average Bonchev–Trinajstić information content (AvgIpc) is 2.52. The minimum atomic E-state index is -3.07. The molecular formula is C10H16N2O3S. The SMILES string of the molecule is N#CC1CCN(C2CS(=O)(=O)CC2O)CC1. The Labute approximate surface area is 95.6 Å². The van der Waals surface area contributed by atoms with Crippen LogP contribution >= 0.6 is 0 Å². The molecule has 0 saturated carbocycles. The summed E-state index contributed by atoms with van der Waals surface area (Å²) in [4.78, 5) is 2.02. The van der Waals surface area contributed by atoms with E-state index in [1.807, 2.05) is 4.90 Å². The molecule has 2 heterocycles. The Kier molecular flexibility index (Phi) is 3.19. The molecule has 2 fully saturated rings. The third-order valence-corrected chi connectivity index (χ3v) is 5.17. The maximum atomic E-state index is 11.4. The van der Waals surface area contributed by atoms with Gasteiger partial charge < -0.3 is 5.11 Å². The molecule has 90 valence electrons. The molecule has 2 saturated heterocycles. The van der Waals surface area contributed by atoms with Crippen LogP contribution in [0.1, 0.15) is 12.8 Å². The van der Waals surface area contributed by atoms with E-state index in [1.165, 1.54) is 0 Å². The summed E-state index contributed by atoms with van der Waals surface area (Å²) >= 11 is 0. The summed E-state index contributed by atoms with van der Waals surface area (Å²) in [6.45, 7) is 1.44. The fourth-order valence-corrected chi connectivity index (χ4v) is 4.35. The Balaban J connectivity index is 1.98. The van der Waals surface area contributed by atoms with Crippen LogP contribution in [-0.2, 0) is 9.84 Å². The molecule has 2 atom stereocenters. The number of hydrogen-bond donors (Lipinski definition) is 1. The van der Waals surface area contributed by atoms with E-state index in [9.17, 15) is 13.5 Å². The molecule has 0 bridgehead atoms. The fraction of sp³-hybridized carbons (Fsp3) is 0.900. The van der Waals surface area contributed by atoms with Crippen molar-refractivity contribution in [2.24, 2.45) is 5.92 Å². The standard InChI is InChI=1S/C10H16N2O3S/c11-5-8-1-3-12(4-2-8)9-6-16(14,15)7-10(9)13/h8-10,13H,1-4,6-7H2. The summed E-state index contributed by atoms with van der Waals surface area (Å²) in [5.41, 5.74) is 0. The Morgan fingerprint density at radius 1 is 1.25 bits per heavy atom. The lowest BCUT2D eigenvalue weighted by Crippen LogP contribution is -2.47. The molecule has 0 spiro atoms. The molecule has 1 N–H and O–H groups in total. The van der Waals surface area contributed by atoms with Crippen molar-refractivity contribution in [2.75, 3.05) is 24.6 Å². The lowest BCUT2D eigenvalue weighted by molar-refractivity contribution is 0.0644. The van der Waals surface area contributed by atoms with E-state index in [0.717, 1.165) is 25.9 Å². The average molecular weight is 244 g/mol. The first kappa shape index (κ1) is 11.8. The second kappa shape index (κ2) is 4.32. The Morgan fingerprint density at radius 2 is 1.88 bits per heavy atom. The third kappa shape index (κ3) is 2.37. The van der Waals surface area contributed by atoms with Crippen LogP contribution in [0.25, 0.3) is 0 Å². The van der Waals surface area contributed by atoms with Crippen molar-refractivity contribution in [3.05, 3.63) is 0 Å². The van der Waals surface area contributed by atoms with Gasteiger partial charge in [-0.05, 0) is 25.9 Å². The molecule has 6 heteroatoms. The van der Waals surface area contributed by atoms with E-state index in [1.54, 1.807) is 0 Å². The number of likely N-dealkylation sites (tertiary alicyclic amines) is 1. The van der Waals surface area contributed by atoms with E-state index in [0.29, 0.717) is 0 Å². The molecule has 0 amide bonds. The summed E-state index contributed by atoms with van der Waals surface area (Å²) in [6.07, 6.45) is 0.795. The van der Waals surface area contributed by atoms with E-state index < -0.39 is 15.9 Å². The van der Waals surface area contributed by atoms with Crippen LogP contribution in [0, 0.1) is 17.2 Å². The number of hydrogen-bond acceptors (Lipinski definition) is 5. The van der Waals surface area contributed by atoms with Gasteiger partial charge in [-0.1, -0.05) is 0 Å².